The van der Waals surface area contributed by atoms with Crippen LogP contribution in [0.4, 0.5) is 5.82 Å². The number of hydrogen-bond donors (Lipinski definition) is 2. The van der Waals surface area contributed by atoms with Gasteiger partial charge in [0.1, 0.15) is 17.2 Å². The molecule has 104 valence electrons. The fourth-order valence-corrected chi connectivity index (χ4v) is 2.15. The number of nitrogens with two attached hydrogens (primary N) is 1. The summed E-state index contributed by atoms with van der Waals surface area (Å²) in [4.78, 5) is 16.3. The summed E-state index contributed by atoms with van der Waals surface area (Å²) in [5.41, 5.74) is 9.60. The Morgan fingerprint density at radius 1 is 1.20 bits per heavy atom. The summed E-state index contributed by atoms with van der Waals surface area (Å²) >= 11 is 0. The maximum Gasteiger partial charge on any atom is 0.157 e. The van der Waals surface area contributed by atoms with E-state index < -0.39 is 0 Å². The molecule has 0 unspecified atom stereocenters. The molecule has 3 heterocycles. The summed E-state index contributed by atoms with van der Waals surface area (Å²) in [7, 11) is 0. The van der Waals surface area contributed by atoms with Gasteiger partial charge in [0.25, 0.3) is 0 Å². The molecule has 3 aromatic heterocycles. The largest absolute Gasteiger partial charge is 0.384 e. The molecule has 3 aromatic rings. The summed E-state index contributed by atoms with van der Waals surface area (Å²) in [6.07, 6.45) is 3.37. The molecule has 0 radical (unpaired) electrons. The van der Waals surface area contributed by atoms with Gasteiger partial charge in [-0.25, -0.2) is 15.0 Å². The number of halogens is 1. The Balaban J connectivity index is 0.00000147. The molecule has 0 atom stereocenters. The Hall–Kier alpha value is -2.14. The van der Waals surface area contributed by atoms with Gasteiger partial charge < -0.3 is 10.7 Å². The molecule has 0 amide bonds. The number of nitrogens with zero attached hydrogens (tertiary/aromatic N) is 3. The number of nitrogens with one attached hydrogen (secondary N) is 1. The highest BCUT2D eigenvalue weighted by Crippen LogP contribution is 2.11. The first-order valence-electron chi connectivity index (χ1n) is 6.23. The molecular formula is C14H16ClN5. The fourth-order valence-electron chi connectivity index (χ4n) is 2.15. The van der Waals surface area contributed by atoms with Crippen molar-refractivity contribution in [2.45, 2.75) is 19.8 Å². The number of rotatable bonds is 3. The molecule has 3 N–H and O–H groups in total. The first kappa shape index (κ1) is 14.3. The van der Waals surface area contributed by atoms with E-state index in [-0.39, 0.29) is 12.4 Å². The number of pyridine rings is 2. The van der Waals surface area contributed by atoms with Crippen LogP contribution in [0.15, 0.2) is 30.5 Å². The first-order valence-corrected chi connectivity index (χ1v) is 6.23. The molecule has 0 bridgehead atoms. The van der Waals surface area contributed by atoms with Crippen molar-refractivity contribution in [3.63, 3.8) is 0 Å². The van der Waals surface area contributed by atoms with Crippen molar-refractivity contribution in [2.24, 2.45) is 0 Å². The Labute approximate surface area is 123 Å². The summed E-state index contributed by atoms with van der Waals surface area (Å²) in [6.45, 7) is 2.02. The zero-order chi connectivity index (χ0) is 13.2. The van der Waals surface area contributed by atoms with E-state index in [2.05, 4.69) is 26.0 Å². The lowest BCUT2D eigenvalue weighted by Gasteiger charge is -2.02. The van der Waals surface area contributed by atoms with Gasteiger partial charge in [0.05, 0.1) is 0 Å². The average molecular weight is 290 g/mol. The lowest BCUT2D eigenvalue weighted by molar-refractivity contribution is 0.860. The predicted octanol–water partition coefficient (Wildman–Crippen LogP) is 2.45. The Kier molecular flexibility index (Phi) is 4.20. The van der Waals surface area contributed by atoms with Crippen molar-refractivity contribution in [2.75, 3.05) is 5.73 Å². The molecule has 6 heteroatoms. The number of aryl methyl sites for hydroxylation is 3. The summed E-state index contributed by atoms with van der Waals surface area (Å²) < 4.78 is 0. The Morgan fingerprint density at radius 2 is 2.05 bits per heavy atom. The summed E-state index contributed by atoms with van der Waals surface area (Å²) in [6, 6.07) is 7.76. The SMILES string of the molecule is Cc1cc(N)nc(CCc2nc3cccnc3[nH]2)c1.Cl. The molecular weight excluding hydrogens is 274 g/mol. The third-order valence-electron chi connectivity index (χ3n) is 2.97. The molecule has 20 heavy (non-hydrogen) atoms. The van der Waals surface area contributed by atoms with Crippen LogP contribution in [-0.4, -0.2) is 19.9 Å². The van der Waals surface area contributed by atoms with E-state index in [9.17, 15) is 0 Å². The fraction of sp³-hybridized carbons (Fsp3) is 0.214. The second-order valence-electron chi connectivity index (χ2n) is 4.62. The van der Waals surface area contributed by atoms with E-state index in [0.29, 0.717) is 5.82 Å². The van der Waals surface area contributed by atoms with Crippen molar-refractivity contribution in [3.05, 3.63) is 47.5 Å². The van der Waals surface area contributed by atoms with E-state index in [1.807, 2.05) is 25.1 Å². The van der Waals surface area contributed by atoms with Gasteiger partial charge in [-0.2, -0.15) is 0 Å². The van der Waals surface area contributed by atoms with Gasteiger partial charge in [-0.1, -0.05) is 0 Å². The summed E-state index contributed by atoms with van der Waals surface area (Å²) in [5.74, 6) is 1.50. The number of aromatic amines is 1. The zero-order valence-corrected chi connectivity index (χ0v) is 11.9. The minimum absolute atomic E-state index is 0. The van der Waals surface area contributed by atoms with E-state index in [4.69, 9.17) is 5.73 Å². The van der Waals surface area contributed by atoms with Crippen molar-refractivity contribution < 1.29 is 0 Å². The van der Waals surface area contributed by atoms with Crippen molar-refractivity contribution in [3.8, 4) is 0 Å². The summed E-state index contributed by atoms with van der Waals surface area (Å²) in [5, 5.41) is 0. The molecule has 0 spiro atoms. The van der Waals surface area contributed by atoms with Crippen molar-refractivity contribution in [1.29, 1.82) is 0 Å². The van der Waals surface area contributed by atoms with Crippen LogP contribution in [0.1, 0.15) is 17.1 Å². The highest BCUT2D eigenvalue weighted by molar-refractivity contribution is 5.85. The standard InChI is InChI=1S/C14H15N5.ClH/c1-9-7-10(17-12(15)8-9)4-5-13-18-11-3-2-6-16-14(11)19-13;/h2-3,6-8H,4-5H2,1H3,(H2,15,17)(H,16,18,19);1H. The number of hydrogen-bond acceptors (Lipinski definition) is 4. The number of fused-ring (bicyclic) bond motifs is 1. The number of nitrogen functional groups attached to an aromatic ring is 1. The second-order valence-corrected chi connectivity index (χ2v) is 4.62. The number of H-pyrrole nitrogens is 1. The van der Waals surface area contributed by atoms with E-state index in [1.54, 1.807) is 6.20 Å². The van der Waals surface area contributed by atoms with Crippen LogP contribution < -0.4 is 5.73 Å². The van der Waals surface area contributed by atoms with Crippen molar-refractivity contribution >= 4 is 29.4 Å². The van der Waals surface area contributed by atoms with Crippen LogP contribution in [0.5, 0.6) is 0 Å². The third kappa shape index (κ3) is 3.05. The van der Waals surface area contributed by atoms with Gasteiger partial charge in [-0.05, 0) is 43.2 Å². The maximum absolute atomic E-state index is 5.75. The van der Waals surface area contributed by atoms with Gasteiger partial charge in [0.2, 0.25) is 0 Å². The Bertz CT molecular complexity index is 669. The first-order chi connectivity index (χ1) is 9.20. The topological polar surface area (TPSA) is 80.5 Å². The van der Waals surface area contributed by atoms with Crippen LogP contribution in [0.25, 0.3) is 11.2 Å². The quantitative estimate of drug-likeness (QED) is 0.776. The van der Waals surface area contributed by atoms with Crippen molar-refractivity contribution in [1.82, 2.24) is 19.9 Å². The van der Waals surface area contributed by atoms with Gasteiger partial charge in [0, 0.05) is 18.3 Å². The lowest BCUT2D eigenvalue weighted by atomic mass is 10.1. The van der Waals surface area contributed by atoms with Crippen LogP contribution in [-0.2, 0) is 12.8 Å². The molecule has 0 aliphatic rings. The molecule has 0 aromatic carbocycles. The highest BCUT2D eigenvalue weighted by atomic mass is 35.5. The van der Waals surface area contributed by atoms with Crippen LogP contribution >= 0.6 is 12.4 Å². The maximum atomic E-state index is 5.75. The number of aromatic nitrogens is 4. The molecule has 0 aliphatic heterocycles. The lowest BCUT2D eigenvalue weighted by Crippen LogP contribution is -2.00. The minimum atomic E-state index is 0. The average Bonchev–Trinajstić information content (AvgIpc) is 2.78. The third-order valence-corrected chi connectivity index (χ3v) is 2.97. The normalized spacial score (nSPS) is 10.4. The van der Waals surface area contributed by atoms with Crippen LogP contribution in [0.3, 0.4) is 0 Å². The van der Waals surface area contributed by atoms with Crippen LogP contribution in [0.2, 0.25) is 0 Å². The monoisotopic (exact) mass is 289 g/mol. The molecule has 3 rings (SSSR count). The molecule has 0 saturated carbocycles. The second kappa shape index (κ2) is 5.88. The van der Waals surface area contributed by atoms with Gasteiger partial charge in [0.15, 0.2) is 5.65 Å². The molecule has 5 nitrogen and oxygen atoms in total. The van der Waals surface area contributed by atoms with E-state index >= 15 is 0 Å². The van der Waals surface area contributed by atoms with Gasteiger partial charge in [-0.3, -0.25) is 0 Å². The number of imidazole rings is 1. The molecule has 0 saturated heterocycles. The van der Waals surface area contributed by atoms with E-state index in [0.717, 1.165) is 41.1 Å². The minimum Gasteiger partial charge on any atom is -0.384 e. The van der Waals surface area contributed by atoms with Gasteiger partial charge >= 0.3 is 0 Å². The molecule has 0 aliphatic carbocycles. The zero-order valence-electron chi connectivity index (χ0n) is 11.1. The predicted molar refractivity (Wildman–Crippen MR) is 81.9 cm³/mol. The Morgan fingerprint density at radius 3 is 2.80 bits per heavy atom. The van der Waals surface area contributed by atoms with Gasteiger partial charge in [-0.15, -0.1) is 12.4 Å². The molecule has 0 fully saturated rings. The van der Waals surface area contributed by atoms with E-state index in [1.165, 1.54) is 0 Å². The number of anilines is 1. The van der Waals surface area contributed by atoms with Crippen LogP contribution in [0, 0.1) is 6.92 Å². The highest BCUT2D eigenvalue weighted by Gasteiger charge is 2.04. The smallest absolute Gasteiger partial charge is 0.157 e.